The molecule has 1 aliphatic heterocycles. The summed E-state index contributed by atoms with van der Waals surface area (Å²) in [4.78, 5) is 14.5. The van der Waals surface area contributed by atoms with Crippen LogP contribution in [0.25, 0.3) is 0 Å². The van der Waals surface area contributed by atoms with Crippen molar-refractivity contribution < 1.29 is 18.7 Å². The van der Waals surface area contributed by atoms with Gasteiger partial charge in [-0.05, 0) is 31.0 Å². The number of halogens is 1. The third kappa shape index (κ3) is 2.86. The molecule has 4 nitrogen and oxygen atoms in total. The van der Waals surface area contributed by atoms with Crippen molar-refractivity contribution in [1.82, 2.24) is 0 Å². The third-order valence-electron chi connectivity index (χ3n) is 4.03. The standard InChI is InChI=1S/C18H18FNO3/c1-22-14-10-16-15(17(11-14)23-2)7-4-8-20(16)18(21)12-5-3-6-13(19)9-12/h3,5-6,9-11H,4,7-8H2,1-2H3. The van der Waals surface area contributed by atoms with E-state index in [9.17, 15) is 9.18 Å². The summed E-state index contributed by atoms with van der Waals surface area (Å²) in [5, 5.41) is 0. The number of ether oxygens (including phenoxy) is 2. The van der Waals surface area contributed by atoms with Crippen LogP contribution in [0.5, 0.6) is 11.5 Å². The van der Waals surface area contributed by atoms with Crippen LogP contribution in [0.15, 0.2) is 36.4 Å². The summed E-state index contributed by atoms with van der Waals surface area (Å²) in [6, 6.07) is 9.39. The van der Waals surface area contributed by atoms with E-state index in [-0.39, 0.29) is 5.91 Å². The first-order chi connectivity index (χ1) is 11.1. The fraction of sp³-hybridized carbons (Fsp3) is 0.278. The fourth-order valence-corrected chi connectivity index (χ4v) is 2.92. The van der Waals surface area contributed by atoms with Crippen LogP contribution < -0.4 is 14.4 Å². The zero-order valence-electron chi connectivity index (χ0n) is 13.1. The molecule has 0 spiro atoms. The van der Waals surface area contributed by atoms with Crippen molar-refractivity contribution in [3.63, 3.8) is 0 Å². The lowest BCUT2D eigenvalue weighted by atomic mass is 9.99. The Bertz CT molecular complexity index is 745. The van der Waals surface area contributed by atoms with Gasteiger partial charge in [0.2, 0.25) is 0 Å². The van der Waals surface area contributed by atoms with Crippen LogP contribution in [0, 0.1) is 5.82 Å². The zero-order valence-corrected chi connectivity index (χ0v) is 13.1. The Labute approximate surface area is 134 Å². The maximum atomic E-state index is 13.4. The molecule has 1 heterocycles. The number of methoxy groups -OCH3 is 2. The largest absolute Gasteiger partial charge is 0.497 e. The van der Waals surface area contributed by atoms with Gasteiger partial charge in [0.1, 0.15) is 17.3 Å². The molecule has 1 aliphatic rings. The molecular formula is C18H18FNO3. The van der Waals surface area contributed by atoms with E-state index in [0.29, 0.717) is 23.6 Å². The summed E-state index contributed by atoms with van der Waals surface area (Å²) >= 11 is 0. The Hall–Kier alpha value is -2.56. The topological polar surface area (TPSA) is 38.8 Å². The lowest BCUT2D eigenvalue weighted by Gasteiger charge is -2.31. The molecular weight excluding hydrogens is 297 g/mol. The first-order valence-corrected chi connectivity index (χ1v) is 7.46. The number of benzene rings is 2. The number of nitrogens with zero attached hydrogens (tertiary/aromatic N) is 1. The van der Waals surface area contributed by atoms with Crippen molar-refractivity contribution >= 4 is 11.6 Å². The SMILES string of the molecule is COc1cc(OC)c2c(c1)N(C(=O)c1cccc(F)c1)CCC2. The van der Waals surface area contributed by atoms with Crippen molar-refractivity contribution in [3.05, 3.63) is 53.3 Å². The summed E-state index contributed by atoms with van der Waals surface area (Å²) in [6.45, 7) is 0.582. The van der Waals surface area contributed by atoms with E-state index in [4.69, 9.17) is 9.47 Å². The van der Waals surface area contributed by atoms with Gasteiger partial charge in [-0.2, -0.15) is 0 Å². The van der Waals surface area contributed by atoms with Gasteiger partial charge in [-0.3, -0.25) is 4.79 Å². The summed E-state index contributed by atoms with van der Waals surface area (Å²) in [6.07, 6.45) is 1.66. The molecule has 0 saturated heterocycles. The fourth-order valence-electron chi connectivity index (χ4n) is 2.92. The van der Waals surface area contributed by atoms with Gasteiger partial charge in [0.05, 0.1) is 19.9 Å². The van der Waals surface area contributed by atoms with Crippen LogP contribution in [0.3, 0.4) is 0 Å². The van der Waals surface area contributed by atoms with Gasteiger partial charge in [0, 0.05) is 29.8 Å². The number of carbonyl (C=O) groups is 1. The highest BCUT2D eigenvalue weighted by Gasteiger charge is 2.27. The molecule has 0 aromatic heterocycles. The molecule has 0 fully saturated rings. The van der Waals surface area contributed by atoms with E-state index >= 15 is 0 Å². The highest BCUT2D eigenvalue weighted by Crippen LogP contribution is 2.38. The van der Waals surface area contributed by atoms with Gasteiger partial charge in [-0.15, -0.1) is 0 Å². The molecule has 3 rings (SSSR count). The second-order valence-corrected chi connectivity index (χ2v) is 5.40. The Kier molecular flexibility index (Phi) is 4.19. The Morgan fingerprint density at radius 1 is 1.17 bits per heavy atom. The second kappa shape index (κ2) is 6.28. The average Bonchev–Trinajstić information content (AvgIpc) is 2.59. The number of fused-ring (bicyclic) bond motifs is 1. The molecule has 0 radical (unpaired) electrons. The minimum Gasteiger partial charge on any atom is -0.497 e. The van der Waals surface area contributed by atoms with Crippen LogP contribution in [-0.4, -0.2) is 26.7 Å². The van der Waals surface area contributed by atoms with Gasteiger partial charge >= 0.3 is 0 Å². The Morgan fingerprint density at radius 3 is 2.70 bits per heavy atom. The smallest absolute Gasteiger partial charge is 0.258 e. The lowest BCUT2D eigenvalue weighted by molar-refractivity contribution is 0.0984. The highest BCUT2D eigenvalue weighted by molar-refractivity contribution is 6.07. The summed E-state index contributed by atoms with van der Waals surface area (Å²) < 4.78 is 24.1. The van der Waals surface area contributed by atoms with Gasteiger partial charge < -0.3 is 14.4 Å². The lowest BCUT2D eigenvalue weighted by Crippen LogP contribution is -2.35. The molecule has 0 aliphatic carbocycles. The normalized spacial score (nSPS) is 13.4. The first kappa shape index (κ1) is 15.3. The number of anilines is 1. The summed E-state index contributed by atoms with van der Waals surface area (Å²) in [7, 11) is 3.17. The molecule has 2 aromatic rings. The molecule has 0 N–H and O–H groups in total. The van der Waals surface area contributed by atoms with Crippen molar-refractivity contribution in [1.29, 1.82) is 0 Å². The third-order valence-corrected chi connectivity index (χ3v) is 4.03. The molecule has 0 unspecified atom stereocenters. The van der Waals surface area contributed by atoms with Gasteiger partial charge in [0.25, 0.3) is 5.91 Å². The zero-order chi connectivity index (χ0) is 16.4. The number of hydrogen-bond acceptors (Lipinski definition) is 3. The maximum absolute atomic E-state index is 13.4. The number of rotatable bonds is 3. The predicted molar refractivity (Wildman–Crippen MR) is 85.9 cm³/mol. The van der Waals surface area contributed by atoms with Crippen LogP contribution in [-0.2, 0) is 6.42 Å². The first-order valence-electron chi connectivity index (χ1n) is 7.46. The summed E-state index contributed by atoms with van der Waals surface area (Å²) in [5.41, 5.74) is 2.07. The van der Waals surface area contributed by atoms with E-state index < -0.39 is 5.82 Å². The van der Waals surface area contributed by atoms with Crippen molar-refractivity contribution in [2.24, 2.45) is 0 Å². The second-order valence-electron chi connectivity index (χ2n) is 5.40. The monoisotopic (exact) mass is 315 g/mol. The number of hydrogen-bond donors (Lipinski definition) is 0. The van der Waals surface area contributed by atoms with E-state index in [0.717, 1.165) is 24.1 Å². The predicted octanol–water partition coefficient (Wildman–Crippen LogP) is 3.44. The molecule has 23 heavy (non-hydrogen) atoms. The molecule has 0 atom stereocenters. The Balaban J connectivity index is 2.05. The summed E-state index contributed by atoms with van der Waals surface area (Å²) in [5.74, 6) is 0.688. The van der Waals surface area contributed by atoms with Crippen LogP contribution in [0.4, 0.5) is 10.1 Å². The molecule has 0 bridgehead atoms. The average molecular weight is 315 g/mol. The van der Waals surface area contributed by atoms with Gasteiger partial charge in [-0.25, -0.2) is 4.39 Å². The number of carbonyl (C=O) groups excluding carboxylic acids is 1. The van der Waals surface area contributed by atoms with Crippen molar-refractivity contribution in [2.75, 3.05) is 25.7 Å². The van der Waals surface area contributed by atoms with Crippen LogP contribution in [0.1, 0.15) is 22.3 Å². The van der Waals surface area contributed by atoms with Crippen LogP contribution in [0.2, 0.25) is 0 Å². The minimum absolute atomic E-state index is 0.222. The molecule has 5 heteroatoms. The Morgan fingerprint density at radius 2 is 2.00 bits per heavy atom. The highest BCUT2D eigenvalue weighted by atomic mass is 19.1. The molecule has 0 saturated carbocycles. The van der Waals surface area contributed by atoms with Crippen molar-refractivity contribution in [2.45, 2.75) is 12.8 Å². The van der Waals surface area contributed by atoms with Crippen molar-refractivity contribution in [3.8, 4) is 11.5 Å². The van der Waals surface area contributed by atoms with Gasteiger partial charge in [-0.1, -0.05) is 6.07 Å². The number of amides is 1. The molecule has 1 amide bonds. The molecule has 2 aromatic carbocycles. The molecule has 120 valence electrons. The van der Waals surface area contributed by atoms with Gasteiger partial charge in [0.15, 0.2) is 0 Å². The van der Waals surface area contributed by atoms with E-state index in [2.05, 4.69) is 0 Å². The quantitative estimate of drug-likeness (QED) is 0.871. The van der Waals surface area contributed by atoms with Crippen LogP contribution >= 0.6 is 0 Å². The van der Waals surface area contributed by atoms with E-state index in [1.807, 2.05) is 12.1 Å². The minimum atomic E-state index is -0.420. The van der Waals surface area contributed by atoms with E-state index in [1.165, 1.54) is 12.1 Å². The van der Waals surface area contributed by atoms with E-state index in [1.54, 1.807) is 31.3 Å². The maximum Gasteiger partial charge on any atom is 0.258 e.